The molecule has 8 heteroatoms. The maximum atomic E-state index is 12.0. The number of hydrogen-bond acceptors (Lipinski definition) is 5. The topological polar surface area (TPSA) is 114 Å². The number of nitrogens with one attached hydrogen (secondary N) is 2. The molecule has 1 aromatic carbocycles. The van der Waals surface area contributed by atoms with Gasteiger partial charge in [0, 0.05) is 0 Å². The van der Waals surface area contributed by atoms with Crippen LogP contribution in [0.25, 0.3) is 0 Å². The molecule has 0 amide bonds. The van der Waals surface area contributed by atoms with E-state index in [0.29, 0.717) is 5.82 Å². The van der Waals surface area contributed by atoms with Crippen molar-refractivity contribution in [2.24, 2.45) is 0 Å². The van der Waals surface area contributed by atoms with E-state index in [1.54, 1.807) is 12.1 Å². The van der Waals surface area contributed by atoms with Crippen molar-refractivity contribution in [2.45, 2.75) is 18.4 Å². The van der Waals surface area contributed by atoms with Gasteiger partial charge in [0.25, 0.3) is 0 Å². The van der Waals surface area contributed by atoms with Crippen LogP contribution in [0.2, 0.25) is 0 Å². The first kappa shape index (κ1) is 12.5. The molecule has 18 heavy (non-hydrogen) atoms. The average molecular weight is 267 g/mol. The lowest BCUT2D eigenvalue weighted by Gasteiger charge is -2.08. The highest BCUT2D eigenvalue weighted by Crippen LogP contribution is 2.19. The number of benzene rings is 1. The maximum Gasteiger partial charge on any atom is 0.243 e. The SMILES string of the molecule is Cc1ccc(S(=O)(=O)NCc2ncn[nH]2)c(N)c1. The molecular weight excluding hydrogens is 254 g/mol. The third-order valence-electron chi connectivity index (χ3n) is 2.35. The van der Waals surface area contributed by atoms with Gasteiger partial charge >= 0.3 is 0 Å². The summed E-state index contributed by atoms with van der Waals surface area (Å²) < 4.78 is 26.4. The van der Waals surface area contributed by atoms with E-state index in [-0.39, 0.29) is 17.1 Å². The van der Waals surface area contributed by atoms with Crippen LogP contribution in [0, 0.1) is 6.92 Å². The number of nitrogens with zero attached hydrogens (tertiary/aromatic N) is 2. The summed E-state index contributed by atoms with van der Waals surface area (Å²) in [7, 11) is -3.65. The van der Waals surface area contributed by atoms with Gasteiger partial charge in [0.05, 0.1) is 12.2 Å². The Labute approximate surface area is 104 Å². The van der Waals surface area contributed by atoms with Gasteiger partial charge in [0.15, 0.2) is 0 Å². The fourth-order valence-corrected chi connectivity index (χ4v) is 2.57. The van der Waals surface area contributed by atoms with E-state index < -0.39 is 10.0 Å². The van der Waals surface area contributed by atoms with Crippen molar-refractivity contribution in [1.82, 2.24) is 19.9 Å². The number of aromatic amines is 1. The van der Waals surface area contributed by atoms with Crippen LogP contribution < -0.4 is 10.5 Å². The minimum atomic E-state index is -3.65. The standard InChI is InChI=1S/C10H13N5O2S/c1-7-2-3-9(8(11)4-7)18(16,17)14-5-10-12-6-13-15-10/h2-4,6,14H,5,11H2,1H3,(H,12,13,15). The first-order chi connectivity index (χ1) is 8.49. The van der Waals surface area contributed by atoms with Gasteiger partial charge in [-0.05, 0) is 24.6 Å². The quantitative estimate of drug-likeness (QED) is 0.683. The molecule has 1 heterocycles. The average Bonchev–Trinajstić information content (AvgIpc) is 2.78. The van der Waals surface area contributed by atoms with Gasteiger partial charge in [-0.15, -0.1) is 0 Å². The fraction of sp³-hybridized carbons (Fsp3) is 0.200. The van der Waals surface area contributed by atoms with Crippen molar-refractivity contribution in [1.29, 1.82) is 0 Å². The molecule has 0 saturated heterocycles. The van der Waals surface area contributed by atoms with Crippen LogP contribution in [0.15, 0.2) is 29.4 Å². The third kappa shape index (κ3) is 2.66. The fourth-order valence-electron chi connectivity index (χ4n) is 1.47. The summed E-state index contributed by atoms with van der Waals surface area (Å²) in [5.74, 6) is 0.434. The van der Waals surface area contributed by atoms with Gasteiger partial charge in [-0.3, -0.25) is 5.10 Å². The van der Waals surface area contributed by atoms with Crippen molar-refractivity contribution in [3.05, 3.63) is 35.9 Å². The van der Waals surface area contributed by atoms with E-state index in [2.05, 4.69) is 19.9 Å². The molecule has 2 aromatic rings. The molecule has 0 atom stereocenters. The number of anilines is 1. The Morgan fingerprint density at radius 1 is 1.44 bits per heavy atom. The van der Waals surface area contributed by atoms with Crippen LogP contribution >= 0.6 is 0 Å². The molecule has 4 N–H and O–H groups in total. The number of hydrogen-bond donors (Lipinski definition) is 3. The van der Waals surface area contributed by atoms with Crippen molar-refractivity contribution in [3.63, 3.8) is 0 Å². The summed E-state index contributed by atoms with van der Waals surface area (Å²) in [5.41, 5.74) is 6.83. The Balaban J connectivity index is 2.20. The molecule has 2 rings (SSSR count). The summed E-state index contributed by atoms with van der Waals surface area (Å²) in [4.78, 5) is 3.89. The van der Waals surface area contributed by atoms with Crippen LogP contribution in [0.3, 0.4) is 0 Å². The van der Waals surface area contributed by atoms with Gasteiger partial charge in [-0.1, -0.05) is 6.07 Å². The maximum absolute atomic E-state index is 12.0. The molecule has 0 unspecified atom stereocenters. The Kier molecular flexibility index (Phi) is 3.30. The molecule has 0 aliphatic rings. The van der Waals surface area contributed by atoms with Crippen LogP contribution in [0.1, 0.15) is 11.4 Å². The molecule has 96 valence electrons. The predicted octanol–water partition coefficient (Wildman–Crippen LogP) is 0.174. The number of rotatable bonds is 4. The zero-order valence-corrected chi connectivity index (χ0v) is 10.5. The normalized spacial score (nSPS) is 11.6. The predicted molar refractivity (Wildman–Crippen MR) is 66.0 cm³/mol. The van der Waals surface area contributed by atoms with Gasteiger partial charge in [-0.2, -0.15) is 5.10 Å². The summed E-state index contributed by atoms with van der Waals surface area (Å²) in [6.07, 6.45) is 1.31. The second-order valence-electron chi connectivity index (χ2n) is 3.80. The first-order valence-electron chi connectivity index (χ1n) is 5.19. The minimum absolute atomic E-state index is 0.0374. The molecule has 0 spiro atoms. The summed E-state index contributed by atoms with van der Waals surface area (Å²) in [5, 5.41) is 6.19. The van der Waals surface area contributed by atoms with Gasteiger partial charge in [0.2, 0.25) is 10.0 Å². The summed E-state index contributed by atoms with van der Waals surface area (Å²) in [6, 6.07) is 4.79. The zero-order chi connectivity index (χ0) is 13.2. The largest absolute Gasteiger partial charge is 0.398 e. The van der Waals surface area contributed by atoms with Crippen molar-refractivity contribution in [2.75, 3.05) is 5.73 Å². The van der Waals surface area contributed by atoms with Crippen molar-refractivity contribution < 1.29 is 8.42 Å². The van der Waals surface area contributed by atoms with Crippen molar-refractivity contribution in [3.8, 4) is 0 Å². The first-order valence-corrected chi connectivity index (χ1v) is 6.67. The monoisotopic (exact) mass is 267 g/mol. The van der Waals surface area contributed by atoms with Crippen LogP contribution in [0.5, 0.6) is 0 Å². The second-order valence-corrected chi connectivity index (χ2v) is 5.53. The lowest BCUT2D eigenvalue weighted by molar-refractivity contribution is 0.580. The highest BCUT2D eigenvalue weighted by Gasteiger charge is 2.17. The molecule has 0 aliphatic heterocycles. The highest BCUT2D eigenvalue weighted by atomic mass is 32.2. The molecule has 0 bridgehead atoms. The smallest absolute Gasteiger partial charge is 0.243 e. The number of H-pyrrole nitrogens is 1. The van der Waals surface area contributed by atoms with E-state index in [1.165, 1.54) is 12.4 Å². The van der Waals surface area contributed by atoms with Gasteiger partial charge in [0.1, 0.15) is 17.0 Å². The van der Waals surface area contributed by atoms with Gasteiger partial charge in [-0.25, -0.2) is 18.1 Å². The molecule has 0 radical (unpaired) electrons. The van der Waals surface area contributed by atoms with E-state index in [0.717, 1.165) is 5.56 Å². The van der Waals surface area contributed by atoms with E-state index >= 15 is 0 Å². The Morgan fingerprint density at radius 3 is 2.83 bits per heavy atom. The molecular formula is C10H13N5O2S. The third-order valence-corrected chi connectivity index (χ3v) is 3.82. The number of aromatic nitrogens is 3. The van der Waals surface area contributed by atoms with E-state index in [4.69, 9.17) is 5.73 Å². The zero-order valence-electron chi connectivity index (χ0n) is 9.71. The number of aryl methyl sites for hydroxylation is 1. The molecule has 7 nitrogen and oxygen atoms in total. The second kappa shape index (κ2) is 4.75. The number of sulfonamides is 1. The van der Waals surface area contributed by atoms with Crippen molar-refractivity contribution >= 4 is 15.7 Å². The molecule has 0 saturated carbocycles. The molecule has 0 aliphatic carbocycles. The Bertz CT molecular complexity index is 636. The summed E-state index contributed by atoms with van der Waals surface area (Å²) in [6.45, 7) is 1.88. The molecule has 0 fully saturated rings. The van der Waals surface area contributed by atoms with Gasteiger partial charge < -0.3 is 5.73 Å². The van der Waals surface area contributed by atoms with Crippen LogP contribution in [-0.2, 0) is 16.6 Å². The highest BCUT2D eigenvalue weighted by molar-refractivity contribution is 7.89. The number of nitrogens with two attached hydrogens (primary N) is 1. The van der Waals surface area contributed by atoms with E-state index in [1.807, 2.05) is 6.92 Å². The number of nitrogen functional groups attached to an aromatic ring is 1. The minimum Gasteiger partial charge on any atom is -0.398 e. The lowest BCUT2D eigenvalue weighted by Crippen LogP contribution is -2.24. The van der Waals surface area contributed by atoms with Crippen LogP contribution in [0.4, 0.5) is 5.69 Å². The Hall–Kier alpha value is -1.93. The summed E-state index contributed by atoms with van der Waals surface area (Å²) >= 11 is 0. The van der Waals surface area contributed by atoms with E-state index in [9.17, 15) is 8.42 Å². The van der Waals surface area contributed by atoms with Crippen LogP contribution in [-0.4, -0.2) is 23.6 Å². The molecule has 1 aromatic heterocycles. The lowest BCUT2D eigenvalue weighted by atomic mass is 10.2. The Morgan fingerprint density at radius 2 is 2.22 bits per heavy atom.